The molecule has 8 nitrogen and oxygen atoms in total. The monoisotopic (exact) mass is 567 g/mol. The average Bonchev–Trinajstić information content (AvgIpc) is 3.49. The number of aryl methyl sites for hydroxylation is 1. The second kappa shape index (κ2) is 10.3. The number of pyridine rings is 1. The third kappa shape index (κ3) is 5.07. The molecule has 0 unspecified atom stereocenters. The van der Waals surface area contributed by atoms with Crippen LogP contribution in [0.1, 0.15) is 29.0 Å². The second-order valence-corrected chi connectivity index (χ2v) is 11.5. The minimum absolute atomic E-state index is 0.279. The Balaban J connectivity index is 1.67. The summed E-state index contributed by atoms with van der Waals surface area (Å²) in [5.74, 6) is 0.398. The van der Waals surface area contributed by atoms with E-state index in [2.05, 4.69) is 19.6 Å². The standard InChI is InChI=1S/C27H26ClN5O3S2/c1-17-15-18(9-11-20(17)28)32-14-6-8-23(32)26-25(21-7-4-5-13-29-21)30-27(37)33(26)19-10-12-24(36-2)22(16-19)31-38(3,34)35/h4-16,25-26,31H,1-3H3,(H,30,37)/t25-,26+/m1/s1. The van der Waals surface area contributed by atoms with Crippen LogP contribution in [0.4, 0.5) is 11.4 Å². The topological polar surface area (TPSA) is 88.5 Å². The van der Waals surface area contributed by atoms with Crippen LogP contribution in [0.5, 0.6) is 5.75 Å². The highest BCUT2D eigenvalue weighted by atomic mass is 35.5. The van der Waals surface area contributed by atoms with Crippen LogP contribution in [0.25, 0.3) is 5.69 Å². The highest BCUT2D eigenvalue weighted by molar-refractivity contribution is 7.92. The zero-order chi connectivity index (χ0) is 27.0. The van der Waals surface area contributed by atoms with Gasteiger partial charge in [-0.2, -0.15) is 0 Å². The van der Waals surface area contributed by atoms with E-state index in [0.29, 0.717) is 27.3 Å². The van der Waals surface area contributed by atoms with Gasteiger partial charge in [-0.15, -0.1) is 0 Å². The Kier molecular flexibility index (Phi) is 7.04. The lowest BCUT2D eigenvalue weighted by Crippen LogP contribution is -2.30. The predicted octanol–water partition coefficient (Wildman–Crippen LogP) is 5.39. The number of benzene rings is 2. The molecule has 0 radical (unpaired) electrons. The van der Waals surface area contributed by atoms with Gasteiger partial charge in [-0.3, -0.25) is 9.71 Å². The SMILES string of the molecule is COc1ccc(N2C(=S)N[C@H](c3ccccn3)[C@@H]2c2cccn2-c2ccc(Cl)c(C)c2)cc1NS(C)(=O)=O. The molecule has 0 spiro atoms. The fourth-order valence-corrected chi connectivity index (χ4v) is 5.73. The molecule has 0 saturated carbocycles. The molecular weight excluding hydrogens is 542 g/mol. The third-order valence-electron chi connectivity index (χ3n) is 6.36. The third-order valence-corrected chi connectivity index (χ3v) is 7.69. The summed E-state index contributed by atoms with van der Waals surface area (Å²) >= 11 is 12.2. The molecule has 2 N–H and O–H groups in total. The van der Waals surface area contributed by atoms with E-state index < -0.39 is 10.0 Å². The van der Waals surface area contributed by atoms with E-state index >= 15 is 0 Å². The number of anilines is 2. The first-order valence-corrected chi connectivity index (χ1v) is 14.4. The molecule has 5 rings (SSSR count). The number of rotatable bonds is 7. The largest absolute Gasteiger partial charge is 0.495 e. The number of nitrogens with zero attached hydrogens (tertiary/aromatic N) is 3. The van der Waals surface area contributed by atoms with Crippen LogP contribution in [0.2, 0.25) is 5.02 Å². The Morgan fingerprint density at radius 1 is 1.08 bits per heavy atom. The van der Waals surface area contributed by atoms with Gasteiger partial charge in [0, 0.05) is 34.5 Å². The van der Waals surface area contributed by atoms with Gasteiger partial charge in [0.2, 0.25) is 10.0 Å². The first-order valence-electron chi connectivity index (χ1n) is 11.8. The number of hydrogen-bond acceptors (Lipinski definition) is 5. The summed E-state index contributed by atoms with van der Waals surface area (Å²) in [7, 11) is -2.05. The second-order valence-electron chi connectivity index (χ2n) is 8.99. The Morgan fingerprint density at radius 2 is 1.87 bits per heavy atom. The minimum atomic E-state index is -3.55. The van der Waals surface area contributed by atoms with Crippen LogP contribution < -0.4 is 19.7 Å². The van der Waals surface area contributed by atoms with E-state index in [1.165, 1.54) is 7.11 Å². The summed E-state index contributed by atoms with van der Waals surface area (Å²) in [4.78, 5) is 6.60. The number of thiocarbonyl (C=S) groups is 1. The smallest absolute Gasteiger partial charge is 0.229 e. The van der Waals surface area contributed by atoms with Crippen molar-refractivity contribution < 1.29 is 13.2 Å². The molecule has 0 bridgehead atoms. The summed E-state index contributed by atoms with van der Waals surface area (Å²) in [6.07, 6.45) is 4.85. The summed E-state index contributed by atoms with van der Waals surface area (Å²) < 4.78 is 34.2. The van der Waals surface area contributed by atoms with Crippen LogP contribution in [0, 0.1) is 6.92 Å². The summed E-state index contributed by atoms with van der Waals surface area (Å²) in [5.41, 5.74) is 4.72. The van der Waals surface area contributed by atoms with Crippen LogP contribution in [-0.2, 0) is 10.0 Å². The predicted molar refractivity (Wildman–Crippen MR) is 155 cm³/mol. The van der Waals surface area contributed by atoms with Crippen LogP contribution in [0.15, 0.2) is 79.1 Å². The molecule has 1 fully saturated rings. The number of ether oxygens (including phenoxy) is 1. The van der Waals surface area contributed by atoms with Crippen molar-refractivity contribution >= 4 is 50.3 Å². The molecule has 38 heavy (non-hydrogen) atoms. The molecule has 1 aliphatic heterocycles. The van der Waals surface area contributed by atoms with Crippen molar-refractivity contribution in [1.82, 2.24) is 14.9 Å². The zero-order valence-corrected chi connectivity index (χ0v) is 23.3. The number of sulfonamides is 1. The minimum Gasteiger partial charge on any atom is -0.495 e. The fraction of sp³-hybridized carbons (Fsp3) is 0.185. The van der Waals surface area contributed by atoms with E-state index in [0.717, 1.165) is 28.9 Å². The Labute approximate surface area is 232 Å². The van der Waals surface area contributed by atoms with Gasteiger partial charge in [0.25, 0.3) is 0 Å². The van der Waals surface area contributed by atoms with Crippen molar-refractivity contribution in [3.05, 3.63) is 101 Å². The number of nitrogens with one attached hydrogen (secondary N) is 2. The van der Waals surface area contributed by atoms with Gasteiger partial charge >= 0.3 is 0 Å². The normalized spacial score (nSPS) is 17.4. The van der Waals surface area contributed by atoms with Crippen molar-refractivity contribution in [3.8, 4) is 11.4 Å². The van der Waals surface area contributed by atoms with Crippen LogP contribution >= 0.6 is 23.8 Å². The lowest BCUT2D eigenvalue weighted by Gasteiger charge is -2.29. The zero-order valence-electron chi connectivity index (χ0n) is 20.9. The van der Waals surface area contributed by atoms with Gasteiger partial charge in [0.15, 0.2) is 5.11 Å². The highest BCUT2D eigenvalue weighted by Gasteiger charge is 2.42. The maximum Gasteiger partial charge on any atom is 0.229 e. The Morgan fingerprint density at radius 3 is 2.55 bits per heavy atom. The van der Waals surface area contributed by atoms with Crippen molar-refractivity contribution in [2.45, 2.75) is 19.0 Å². The number of halogens is 1. The first kappa shape index (κ1) is 26.0. The van der Waals surface area contributed by atoms with E-state index in [4.69, 9.17) is 28.6 Å². The molecule has 0 aliphatic carbocycles. The maximum absolute atomic E-state index is 12.1. The van der Waals surface area contributed by atoms with Gasteiger partial charge < -0.3 is 19.5 Å². The molecule has 3 heterocycles. The van der Waals surface area contributed by atoms with Crippen molar-refractivity contribution in [3.63, 3.8) is 0 Å². The highest BCUT2D eigenvalue weighted by Crippen LogP contribution is 2.44. The summed E-state index contributed by atoms with van der Waals surface area (Å²) in [5, 5.41) is 4.63. The van der Waals surface area contributed by atoms with E-state index in [-0.39, 0.29) is 12.1 Å². The van der Waals surface area contributed by atoms with Gasteiger partial charge in [0.1, 0.15) is 11.8 Å². The van der Waals surface area contributed by atoms with Gasteiger partial charge in [-0.25, -0.2) is 8.42 Å². The Bertz CT molecular complexity index is 1610. The van der Waals surface area contributed by atoms with Gasteiger partial charge in [-0.1, -0.05) is 17.7 Å². The molecule has 1 saturated heterocycles. The van der Waals surface area contributed by atoms with Gasteiger partial charge in [-0.05, 0) is 85.4 Å². The molecule has 196 valence electrons. The summed E-state index contributed by atoms with van der Waals surface area (Å²) in [6, 6.07) is 20.4. The quantitative estimate of drug-likeness (QED) is 0.289. The number of methoxy groups -OCH3 is 1. The van der Waals surface area contributed by atoms with Crippen molar-refractivity contribution in [2.24, 2.45) is 0 Å². The molecule has 2 atom stereocenters. The van der Waals surface area contributed by atoms with Crippen LogP contribution in [0.3, 0.4) is 0 Å². The number of aromatic nitrogens is 2. The van der Waals surface area contributed by atoms with E-state index in [9.17, 15) is 8.42 Å². The average molecular weight is 568 g/mol. The number of hydrogen-bond donors (Lipinski definition) is 2. The first-order chi connectivity index (χ1) is 18.2. The summed E-state index contributed by atoms with van der Waals surface area (Å²) in [6.45, 7) is 1.97. The molecule has 2 aromatic heterocycles. The van der Waals surface area contributed by atoms with E-state index in [1.54, 1.807) is 18.3 Å². The maximum atomic E-state index is 12.1. The van der Waals surface area contributed by atoms with E-state index in [1.807, 2.05) is 72.6 Å². The molecule has 2 aromatic carbocycles. The molecule has 11 heteroatoms. The molecule has 0 amide bonds. The van der Waals surface area contributed by atoms with Gasteiger partial charge in [0.05, 0.1) is 30.8 Å². The molecule has 1 aliphatic rings. The molecule has 4 aromatic rings. The lowest BCUT2D eigenvalue weighted by atomic mass is 10.0. The van der Waals surface area contributed by atoms with Crippen LogP contribution in [-0.4, -0.2) is 36.4 Å². The fourth-order valence-electron chi connectivity index (χ4n) is 4.71. The Hall–Kier alpha value is -3.60. The van der Waals surface area contributed by atoms with Crippen molar-refractivity contribution in [2.75, 3.05) is 23.0 Å². The van der Waals surface area contributed by atoms with Crippen molar-refractivity contribution in [1.29, 1.82) is 0 Å². The molecular formula is C27H26ClN5O3S2. The lowest BCUT2D eigenvalue weighted by molar-refractivity contribution is 0.417.